The summed E-state index contributed by atoms with van der Waals surface area (Å²) in [6, 6.07) is 22.7. The lowest BCUT2D eigenvalue weighted by atomic mass is 9.79. The molecule has 0 atom stereocenters. The molecule has 114 valence electrons. The Morgan fingerprint density at radius 1 is 0.667 bits per heavy atom. The lowest BCUT2D eigenvalue weighted by molar-refractivity contribution is 0.426. The predicted molar refractivity (Wildman–Crippen MR) is 104 cm³/mol. The molecule has 0 fully saturated rings. The Labute approximate surface area is 142 Å². The second-order valence-corrected chi connectivity index (χ2v) is 7.08. The van der Waals surface area contributed by atoms with Crippen molar-refractivity contribution in [2.24, 2.45) is 0 Å². The molecule has 5 aromatic rings. The van der Waals surface area contributed by atoms with Crippen LogP contribution in [0, 0.1) is 0 Å². The Bertz CT molecular complexity index is 1240. The highest BCUT2D eigenvalue weighted by Crippen LogP contribution is 2.40. The van der Waals surface area contributed by atoms with Gasteiger partial charge in [-0.3, -0.25) is 0 Å². The normalized spacial score (nSPS) is 11.8. The van der Waals surface area contributed by atoms with Gasteiger partial charge in [-0.2, -0.15) is 0 Å². The van der Waals surface area contributed by atoms with Gasteiger partial charge in [0.15, 0.2) is 0 Å². The van der Waals surface area contributed by atoms with E-state index in [2.05, 4.69) is 54.6 Å². The molecule has 1 heterocycles. The van der Waals surface area contributed by atoms with Crippen LogP contribution in [0.5, 0.6) is 0 Å². The molecule has 4 heteroatoms. The van der Waals surface area contributed by atoms with E-state index in [4.69, 9.17) is 0 Å². The standard InChI is InChI=1S/C20H13BO2S/c22-21(23)16-7-3-6-15-19-17(24-20(15)16)11-10-13-9-8-12-4-1-2-5-14(12)18(13)19/h1-11,22-23H. The van der Waals surface area contributed by atoms with Crippen LogP contribution in [0.15, 0.2) is 66.7 Å². The van der Waals surface area contributed by atoms with E-state index in [1.54, 1.807) is 17.4 Å². The molecule has 0 spiro atoms. The molecule has 2 N–H and O–H groups in total. The smallest absolute Gasteiger partial charge is 0.423 e. The van der Waals surface area contributed by atoms with Gasteiger partial charge in [-0.05, 0) is 33.1 Å². The van der Waals surface area contributed by atoms with Gasteiger partial charge < -0.3 is 10.0 Å². The first-order valence-electron chi connectivity index (χ1n) is 7.86. The van der Waals surface area contributed by atoms with Gasteiger partial charge >= 0.3 is 7.12 Å². The summed E-state index contributed by atoms with van der Waals surface area (Å²) in [7, 11) is -1.45. The minimum absolute atomic E-state index is 0.571. The van der Waals surface area contributed by atoms with Gasteiger partial charge in [0.25, 0.3) is 0 Å². The van der Waals surface area contributed by atoms with Crippen molar-refractivity contribution in [3.63, 3.8) is 0 Å². The van der Waals surface area contributed by atoms with Crippen LogP contribution in [-0.2, 0) is 0 Å². The number of thiophene rings is 1. The van der Waals surface area contributed by atoms with Crippen LogP contribution in [0.2, 0.25) is 0 Å². The van der Waals surface area contributed by atoms with Crippen molar-refractivity contribution >= 4 is 65.6 Å². The SMILES string of the molecule is OB(O)c1cccc2c1sc1ccc3ccc4ccccc4c3c12. The fourth-order valence-electron chi connectivity index (χ4n) is 3.61. The van der Waals surface area contributed by atoms with Gasteiger partial charge in [0, 0.05) is 20.2 Å². The summed E-state index contributed by atoms with van der Waals surface area (Å²) in [5.74, 6) is 0. The third-order valence-corrected chi connectivity index (χ3v) is 5.90. The molecule has 0 saturated carbocycles. The molecule has 0 saturated heterocycles. The average molecular weight is 328 g/mol. The molecule has 0 bridgehead atoms. The Kier molecular flexibility index (Phi) is 2.94. The first-order chi connectivity index (χ1) is 11.7. The van der Waals surface area contributed by atoms with E-state index in [-0.39, 0.29) is 0 Å². The highest BCUT2D eigenvalue weighted by Gasteiger charge is 2.19. The van der Waals surface area contributed by atoms with E-state index in [0.29, 0.717) is 5.46 Å². The van der Waals surface area contributed by atoms with Gasteiger partial charge in [-0.1, -0.05) is 60.7 Å². The fourth-order valence-corrected chi connectivity index (χ4v) is 4.85. The molecule has 0 unspecified atom stereocenters. The highest BCUT2D eigenvalue weighted by atomic mass is 32.1. The molecule has 5 rings (SSSR count). The van der Waals surface area contributed by atoms with Crippen molar-refractivity contribution in [3.05, 3.63) is 66.7 Å². The third-order valence-electron chi connectivity index (χ3n) is 4.68. The maximum absolute atomic E-state index is 9.69. The van der Waals surface area contributed by atoms with Crippen LogP contribution in [0.25, 0.3) is 41.7 Å². The predicted octanol–water partition coefficient (Wildman–Crippen LogP) is 4.04. The topological polar surface area (TPSA) is 40.5 Å². The average Bonchev–Trinajstić information content (AvgIpc) is 2.99. The minimum atomic E-state index is -1.45. The molecule has 24 heavy (non-hydrogen) atoms. The van der Waals surface area contributed by atoms with Crippen molar-refractivity contribution in [1.29, 1.82) is 0 Å². The third kappa shape index (κ3) is 1.85. The zero-order valence-electron chi connectivity index (χ0n) is 12.7. The summed E-state index contributed by atoms with van der Waals surface area (Å²) in [5, 5.41) is 26.6. The molecule has 0 radical (unpaired) electrons. The van der Waals surface area contributed by atoms with Crippen LogP contribution in [-0.4, -0.2) is 17.2 Å². The Morgan fingerprint density at radius 3 is 2.29 bits per heavy atom. The summed E-state index contributed by atoms with van der Waals surface area (Å²) in [6.45, 7) is 0. The molecule has 0 aliphatic heterocycles. The highest BCUT2D eigenvalue weighted by molar-refractivity contribution is 7.27. The molecular formula is C20H13BO2S. The van der Waals surface area contributed by atoms with Gasteiger partial charge in [0.05, 0.1) is 0 Å². The number of hydrogen-bond acceptors (Lipinski definition) is 3. The van der Waals surface area contributed by atoms with Gasteiger partial charge in [0.2, 0.25) is 0 Å². The Balaban J connectivity index is 2.09. The maximum atomic E-state index is 9.69. The second-order valence-electron chi connectivity index (χ2n) is 6.02. The summed E-state index contributed by atoms with van der Waals surface area (Å²) in [5.41, 5.74) is 0.571. The number of fused-ring (bicyclic) bond motifs is 7. The van der Waals surface area contributed by atoms with Gasteiger partial charge in [-0.25, -0.2) is 0 Å². The van der Waals surface area contributed by atoms with Crippen LogP contribution in [0.3, 0.4) is 0 Å². The quantitative estimate of drug-likeness (QED) is 0.360. The summed E-state index contributed by atoms with van der Waals surface area (Å²) in [6.07, 6.45) is 0. The lowest BCUT2D eigenvalue weighted by Crippen LogP contribution is -2.29. The summed E-state index contributed by atoms with van der Waals surface area (Å²) < 4.78 is 2.12. The van der Waals surface area contributed by atoms with Gasteiger partial charge in [-0.15, -0.1) is 11.3 Å². The maximum Gasteiger partial charge on any atom is 0.489 e. The van der Waals surface area contributed by atoms with Crippen molar-refractivity contribution in [2.45, 2.75) is 0 Å². The van der Waals surface area contributed by atoms with Crippen molar-refractivity contribution in [1.82, 2.24) is 0 Å². The van der Waals surface area contributed by atoms with E-state index >= 15 is 0 Å². The molecular weight excluding hydrogens is 315 g/mol. The number of hydrogen-bond donors (Lipinski definition) is 2. The molecule has 0 amide bonds. The van der Waals surface area contributed by atoms with Crippen LogP contribution < -0.4 is 5.46 Å². The summed E-state index contributed by atoms with van der Waals surface area (Å²) in [4.78, 5) is 0. The van der Waals surface area contributed by atoms with E-state index < -0.39 is 7.12 Å². The Morgan fingerprint density at radius 2 is 1.42 bits per heavy atom. The van der Waals surface area contributed by atoms with Gasteiger partial charge in [0.1, 0.15) is 0 Å². The van der Waals surface area contributed by atoms with E-state index in [1.165, 1.54) is 31.6 Å². The van der Waals surface area contributed by atoms with Crippen molar-refractivity contribution < 1.29 is 10.0 Å². The van der Waals surface area contributed by atoms with Crippen LogP contribution >= 0.6 is 11.3 Å². The van der Waals surface area contributed by atoms with Crippen molar-refractivity contribution in [2.75, 3.05) is 0 Å². The monoisotopic (exact) mass is 328 g/mol. The first kappa shape index (κ1) is 14.0. The van der Waals surface area contributed by atoms with E-state index in [9.17, 15) is 10.0 Å². The zero-order chi connectivity index (χ0) is 16.3. The molecule has 0 aliphatic carbocycles. The number of benzene rings is 4. The minimum Gasteiger partial charge on any atom is -0.423 e. The van der Waals surface area contributed by atoms with E-state index in [0.717, 1.165) is 10.1 Å². The summed E-state index contributed by atoms with van der Waals surface area (Å²) >= 11 is 1.62. The molecule has 0 aliphatic rings. The first-order valence-corrected chi connectivity index (χ1v) is 8.67. The molecule has 1 aromatic heterocycles. The van der Waals surface area contributed by atoms with Crippen molar-refractivity contribution in [3.8, 4) is 0 Å². The molecule has 2 nitrogen and oxygen atoms in total. The lowest BCUT2D eigenvalue weighted by Gasteiger charge is -2.06. The van der Waals surface area contributed by atoms with Crippen LogP contribution in [0.1, 0.15) is 0 Å². The number of rotatable bonds is 1. The van der Waals surface area contributed by atoms with E-state index in [1.807, 2.05) is 6.07 Å². The zero-order valence-corrected chi connectivity index (χ0v) is 13.5. The molecule has 4 aromatic carbocycles. The largest absolute Gasteiger partial charge is 0.489 e. The Hall–Kier alpha value is -2.40. The van der Waals surface area contributed by atoms with Crippen LogP contribution in [0.4, 0.5) is 0 Å². The second kappa shape index (κ2) is 5.05. The fraction of sp³-hybridized carbons (Fsp3) is 0.